The summed E-state index contributed by atoms with van der Waals surface area (Å²) in [4.78, 5) is 24.9. The standard InChI is InChI=1S/C19H29N3O4/c1-25-15-8-7-14(13-16(15)26-12-6-11-20)17(23)22-19(18(21)24)9-4-2-3-5-10-19/h7-8,13H,2-6,9-12,20H2,1H3,(H2,21,24)(H,22,23). The molecule has 7 heteroatoms. The van der Waals surface area contributed by atoms with E-state index in [4.69, 9.17) is 20.9 Å². The van der Waals surface area contributed by atoms with Crippen molar-refractivity contribution < 1.29 is 19.1 Å². The topological polar surface area (TPSA) is 117 Å². The molecule has 0 aromatic heterocycles. The molecular weight excluding hydrogens is 334 g/mol. The number of carbonyl (C=O) groups excluding carboxylic acids is 2. The van der Waals surface area contributed by atoms with Crippen molar-refractivity contribution in [2.75, 3.05) is 20.3 Å². The Kier molecular flexibility index (Phi) is 7.26. The number of benzene rings is 1. The number of nitrogens with two attached hydrogens (primary N) is 2. The summed E-state index contributed by atoms with van der Waals surface area (Å²) in [6, 6.07) is 4.95. The molecule has 1 aromatic rings. The summed E-state index contributed by atoms with van der Waals surface area (Å²) < 4.78 is 10.9. The molecule has 0 bridgehead atoms. The number of amides is 2. The van der Waals surface area contributed by atoms with Gasteiger partial charge in [0.1, 0.15) is 5.54 Å². The molecule has 1 aliphatic rings. The fourth-order valence-corrected chi connectivity index (χ4v) is 3.25. The van der Waals surface area contributed by atoms with Crippen molar-refractivity contribution in [1.29, 1.82) is 0 Å². The molecule has 144 valence electrons. The monoisotopic (exact) mass is 363 g/mol. The Bertz CT molecular complexity index is 625. The van der Waals surface area contributed by atoms with Gasteiger partial charge in [-0.05, 0) is 44.0 Å². The number of ether oxygens (including phenoxy) is 2. The molecule has 7 nitrogen and oxygen atoms in total. The Morgan fingerprint density at radius 1 is 1.15 bits per heavy atom. The molecule has 2 rings (SSSR count). The van der Waals surface area contributed by atoms with Gasteiger partial charge in [0.15, 0.2) is 11.5 Å². The first-order valence-corrected chi connectivity index (χ1v) is 9.16. The van der Waals surface area contributed by atoms with Crippen LogP contribution in [-0.2, 0) is 4.79 Å². The normalized spacial score (nSPS) is 16.4. The molecule has 1 fully saturated rings. The maximum absolute atomic E-state index is 12.8. The molecule has 0 saturated heterocycles. The highest BCUT2D eigenvalue weighted by atomic mass is 16.5. The van der Waals surface area contributed by atoms with Gasteiger partial charge in [-0.25, -0.2) is 0 Å². The zero-order valence-electron chi connectivity index (χ0n) is 15.4. The Balaban J connectivity index is 2.19. The van der Waals surface area contributed by atoms with Crippen LogP contribution in [0.5, 0.6) is 11.5 Å². The van der Waals surface area contributed by atoms with Crippen molar-refractivity contribution in [2.24, 2.45) is 11.5 Å². The lowest BCUT2D eigenvalue weighted by Crippen LogP contribution is -2.57. The van der Waals surface area contributed by atoms with Crippen LogP contribution in [0.15, 0.2) is 18.2 Å². The van der Waals surface area contributed by atoms with E-state index in [0.717, 1.165) is 25.7 Å². The minimum absolute atomic E-state index is 0.336. The van der Waals surface area contributed by atoms with Crippen molar-refractivity contribution in [3.8, 4) is 11.5 Å². The summed E-state index contributed by atoms with van der Waals surface area (Å²) in [6.07, 6.45) is 5.69. The van der Waals surface area contributed by atoms with Crippen LogP contribution in [0.25, 0.3) is 0 Å². The van der Waals surface area contributed by atoms with Gasteiger partial charge in [0.25, 0.3) is 5.91 Å². The molecule has 0 spiro atoms. The quantitative estimate of drug-likeness (QED) is 0.480. The zero-order chi connectivity index (χ0) is 19.0. The van der Waals surface area contributed by atoms with Crippen molar-refractivity contribution in [3.05, 3.63) is 23.8 Å². The van der Waals surface area contributed by atoms with E-state index in [9.17, 15) is 9.59 Å². The van der Waals surface area contributed by atoms with Crippen LogP contribution in [0, 0.1) is 0 Å². The highest BCUT2D eigenvalue weighted by Gasteiger charge is 2.38. The summed E-state index contributed by atoms with van der Waals surface area (Å²) in [5.74, 6) is 0.206. The summed E-state index contributed by atoms with van der Waals surface area (Å²) in [5.41, 5.74) is 10.5. The van der Waals surface area contributed by atoms with Crippen molar-refractivity contribution in [1.82, 2.24) is 5.32 Å². The van der Waals surface area contributed by atoms with Gasteiger partial charge in [-0.3, -0.25) is 9.59 Å². The van der Waals surface area contributed by atoms with Gasteiger partial charge in [0.05, 0.1) is 13.7 Å². The minimum Gasteiger partial charge on any atom is -0.493 e. The zero-order valence-corrected chi connectivity index (χ0v) is 15.4. The van der Waals surface area contributed by atoms with E-state index in [1.54, 1.807) is 25.3 Å². The molecule has 2 amide bonds. The van der Waals surface area contributed by atoms with Crippen LogP contribution in [0.1, 0.15) is 55.3 Å². The molecule has 0 radical (unpaired) electrons. The van der Waals surface area contributed by atoms with Crippen molar-refractivity contribution in [3.63, 3.8) is 0 Å². The second kappa shape index (κ2) is 9.43. The molecular formula is C19H29N3O4. The first-order valence-electron chi connectivity index (χ1n) is 9.16. The van der Waals surface area contributed by atoms with Gasteiger partial charge in [0, 0.05) is 5.56 Å². The minimum atomic E-state index is -0.978. The summed E-state index contributed by atoms with van der Waals surface area (Å²) in [7, 11) is 1.54. The Labute approximate surface area is 154 Å². The lowest BCUT2D eigenvalue weighted by Gasteiger charge is -2.30. The molecule has 26 heavy (non-hydrogen) atoms. The predicted molar refractivity (Wildman–Crippen MR) is 99.3 cm³/mol. The molecule has 0 unspecified atom stereocenters. The van der Waals surface area contributed by atoms with Gasteiger partial charge in [-0.2, -0.15) is 0 Å². The van der Waals surface area contributed by atoms with Crippen LogP contribution < -0.4 is 26.3 Å². The smallest absolute Gasteiger partial charge is 0.252 e. The maximum Gasteiger partial charge on any atom is 0.252 e. The molecule has 0 atom stereocenters. The highest BCUT2D eigenvalue weighted by molar-refractivity contribution is 5.99. The molecule has 1 aliphatic carbocycles. The lowest BCUT2D eigenvalue weighted by atomic mass is 9.89. The summed E-state index contributed by atoms with van der Waals surface area (Å²) in [5, 5.41) is 2.89. The van der Waals surface area contributed by atoms with Crippen LogP contribution in [0.3, 0.4) is 0 Å². The van der Waals surface area contributed by atoms with Crippen LogP contribution in [0.2, 0.25) is 0 Å². The van der Waals surface area contributed by atoms with E-state index >= 15 is 0 Å². The molecule has 1 aromatic carbocycles. The number of methoxy groups -OCH3 is 1. The van der Waals surface area contributed by atoms with Gasteiger partial charge in [-0.1, -0.05) is 25.7 Å². The number of rotatable bonds is 8. The third-order valence-corrected chi connectivity index (χ3v) is 4.81. The molecule has 0 aliphatic heterocycles. The van der Waals surface area contributed by atoms with Crippen LogP contribution >= 0.6 is 0 Å². The first kappa shape index (κ1) is 20.0. The van der Waals surface area contributed by atoms with Crippen LogP contribution in [0.4, 0.5) is 0 Å². The Morgan fingerprint density at radius 3 is 2.42 bits per heavy atom. The van der Waals surface area contributed by atoms with E-state index in [1.807, 2.05) is 0 Å². The summed E-state index contributed by atoms with van der Waals surface area (Å²) in [6.45, 7) is 0.951. The van der Waals surface area contributed by atoms with Gasteiger partial charge in [-0.15, -0.1) is 0 Å². The summed E-state index contributed by atoms with van der Waals surface area (Å²) >= 11 is 0. The van der Waals surface area contributed by atoms with Gasteiger partial charge >= 0.3 is 0 Å². The number of nitrogens with one attached hydrogen (secondary N) is 1. The number of carbonyl (C=O) groups is 2. The van der Waals surface area contributed by atoms with Crippen LogP contribution in [-0.4, -0.2) is 37.6 Å². The van der Waals surface area contributed by atoms with Crippen molar-refractivity contribution >= 4 is 11.8 Å². The average molecular weight is 363 g/mol. The lowest BCUT2D eigenvalue weighted by molar-refractivity contribution is -0.124. The fraction of sp³-hybridized carbons (Fsp3) is 0.579. The third-order valence-electron chi connectivity index (χ3n) is 4.81. The van der Waals surface area contributed by atoms with E-state index in [0.29, 0.717) is 49.5 Å². The molecule has 0 heterocycles. The Morgan fingerprint density at radius 2 is 1.85 bits per heavy atom. The van der Waals surface area contributed by atoms with E-state index in [1.165, 1.54) is 0 Å². The largest absolute Gasteiger partial charge is 0.493 e. The number of hydrogen-bond acceptors (Lipinski definition) is 5. The maximum atomic E-state index is 12.8. The number of primary amides is 1. The predicted octanol–water partition coefficient (Wildman–Crippen LogP) is 1.73. The van der Waals surface area contributed by atoms with E-state index in [-0.39, 0.29) is 5.91 Å². The SMILES string of the molecule is COc1ccc(C(=O)NC2(C(N)=O)CCCCCC2)cc1OCCCN. The van der Waals surface area contributed by atoms with E-state index in [2.05, 4.69) is 5.32 Å². The highest BCUT2D eigenvalue weighted by Crippen LogP contribution is 2.30. The van der Waals surface area contributed by atoms with Gasteiger partial charge < -0.3 is 26.3 Å². The second-order valence-electron chi connectivity index (χ2n) is 6.67. The fourth-order valence-electron chi connectivity index (χ4n) is 3.25. The van der Waals surface area contributed by atoms with E-state index < -0.39 is 11.4 Å². The first-order chi connectivity index (χ1) is 12.5. The second-order valence-corrected chi connectivity index (χ2v) is 6.67. The Hall–Kier alpha value is -2.28. The number of hydrogen-bond donors (Lipinski definition) is 3. The average Bonchev–Trinajstić information content (AvgIpc) is 2.88. The molecule has 1 saturated carbocycles. The van der Waals surface area contributed by atoms with Crippen molar-refractivity contribution in [2.45, 2.75) is 50.5 Å². The van der Waals surface area contributed by atoms with Gasteiger partial charge in [0.2, 0.25) is 5.91 Å². The molecule has 5 N–H and O–H groups in total. The third kappa shape index (κ3) is 4.88.